The van der Waals surface area contributed by atoms with E-state index in [1.54, 1.807) is 33.1 Å². The highest BCUT2D eigenvalue weighted by atomic mass is 32.1. The van der Waals surface area contributed by atoms with Gasteiger partial charge in [0.15, 0.2) is 0 Å². The Labute approximate surface area is 139 Å². The minimum Gasteiger partial charge on any atom is -0.466 e. The van der Waals surface area contributed by atoms with Crippen molar-refractivity contribution in [2.75, 3.05) is 11.9 Å². The molecule has 3 N–H and O–H groups in total. The average molecular weight is 345 g/mol. The molecule has 0 aliphatic rings. The Balaban J connectivity index is 2.61. The molecule has 7 nitrogen and oxygen atoms in total. The first kappa shape index (κ1) is 19.4. The van der Waals surface area contributed by atoms with Crippen molar-refractivity contribution in [3.05, 3.63) is 17.0 Å². The molecule has 0 aliphatic carbocycles. The predicted molar refractivity (Wildman–Crippen MR) is 86.4 cm³/mol. The second kappa shape index (κ2) is 8.28. The third-order valence-corrected chi connectivity index (χ3v) is 3.49. The second-order valence-electron chi connectivity index (χ2n) is 5.89. The van der Waals surface area contributed by atoms with Crippen LogP contribution in [-0.4, -0.2) is 40.6 Å². The summed E-state index contributed by atoms with van der Waals surface area (Å²) in [4.78, 5) is 23.0. The lowest BCUT2D eigenvalue weighted by atomic mass is 10.1. The molecule has 1 rings (SSSR count). The third-order valence-electron chi connectivity index (χ3n) is 2.63. The summed E-state index contributed by atoms with van der Waals surface area (Å²) in [6.45, 7) is 7.13. The molecule has 8 heteroatoms. The van der Waals surface area contributed by atoms with Crippen molar-refractivity contribution in [3.8, 4) is 0 Å². The molecule has 0 aromatic carbocycles. The fourth-order valence-electron chi connectivity index (χ4n) is 1.70. The molecule has 0 saturated heterocycles. The van der Waals surface area contributed by atoms with E-state index in [9.17, 15) is 19.8 Å². The Hall–Kier alpha value is -1.64. The summed E-state index contributed by atoms with van der Waals surface area (Å²) in [6, 6.07) is 1.52. The average Bonchev–Trinajstić information content (AvgIpc) is 2.83. The Morgan fingerprint density at radius 1 is 1.35 bits per heavy atom. The first-order valence-electron chi connectivity index (χ1n) is 7.22. The molecular formula is C15H23NO6S. The third kappa shape index (κ3) is 6.98. The molecule has 23 heavy (non-hydrogen) atoms. The number of anilines is 1. The number of ether oxygens (including phenoxy) is 2. The normalized spacial score (nSPS) is 14.0. The maximum absolute atomic E-state index is 11.7. The van der Waals surface area contributed by atoms with Crippen LogP contribution in [0.15, 0.2) is 11.4 Å². The molecule has 0 spiro atoms. The molecular weight excluding hydrogens is 322 g/mol. The van der Waals surface area contributed by atoms with E-state index in [-0.39, 0.29) is 13.0 Å². The summed E-state index contributed by atoms with van der Waals surface area (Å²) in [5.74, 6) is -0.582. The summed E-state index contributed by atoms with van der Waals surface area (Å²) < 4.78 is 9.84. The number of carbonyl (C=O) groups excluding carboxylic acids is 2. The zero-order valence-electron chi connectivity index (χ0n) is 13.7. The van der Waals surface area contributed by atoms with Crippen molar-refractivity contribution < 1.29 is 29.3 Å². The molecule has 0 bridgehead atoms. The van der Waals surface area contributed by atoms with Crippen molar-refractivity contribution in [2.24, 2.45) is 0 Å². The van der Waals surface area contributed by atoms with Crippen LogP contribution in [0, 0.1) is 0 Å². The van der Waals surface area contributed by atoms with E-state index in [4.69, 9.17) is 9.47 Å². The maximum atomic E-state index is 11.7. The molecule has 2 atom stereocenters. The highest BCUT2D eigenvalue weighted by Gasteiger charge is 2.24. The van der Waals surface area contributed by atoms with E-state index in [1.165, 1.54) is 17.4 Å². The molecule has 0 aliphatic heterocycles. The van der Waals surface area contributed by atoms with Crippen LogP contribution in [0.2, 0.25) is 0 Å². The maximum Gasteiger partial charge on any atom is 0.412 e. The number of thiophene rings is 1. The lowest BCUT2D eigenvalue weighted by Crippen LogP contribution is -2.27. The predicted octanol–water partition coefficient (Wildman–Crippen LogP) is 2.44. The Bertz CT molecular complexity index is 536. The molecule has 130 valence electrons. The van der Waals surface area contributed by atoms with Gasteiger partial charge in [0.2, 0.25) is 0 Å². The topological polar surface area (TPSA) is 105 Å². The van der Waals surface area contributed by atoms with E-state index < -0.39 is 29.9 Å². The molecule has 1 aromatic rings. The van der Waals surface area contributed by atoms with Crippen molar-refractivity contribution >= 4 is 28.4 Å². The number of carbonyl (C=O) groups is 2. The first-order valence-corrected chi connectivity index (χ1v) is 8.10. The summed E-state index contributed by atoms with van der Waals surface area (Å²) in [7, 11) is 0. The van der Waals surface area contributed by atoms with E-state index >= 15 is 0 Å². The van der Waals surface area contributed by atoms with Gasteiger partial charge in [-0.15, -0.1) is 11.3 Å². The van der Waals surface area contributed by atoms with Crippen LogP contribution in [-0.2, 0) is 14.3 Å². The summed E-state index contributed by atoms with van der Waals surface area (Å²) in [5.41, 5.74) is -0.211. The van der Waals surface area contributed by atoms with Gasteiger partial charge in [0.05, 0.1) is 24.1 Å². The quantitative estimate of drug-likeness (QED) is 0.684. The molecule has 1 aromatic heterocycles. The van der Waals surface area contributed by atoms with Gasteiger partial charge in [0, 0.05) is 0 Å². The van der Waals surface area contributed by atoms with Crippen LogP contribution in [0.5, 0.6) is 0 Å². The van der Waals surface area contributed by atoms with Gasteiger partial charge in [-0.2, -0.15) is 0 Å². The van der Waals surface area contributed by atoms with Gasteiger partial charge in [-0.1, -0.05) is 0 Å². The number of rotatable bonds is 6. The molecule has 0 fully saturated rings. The zero-order valence-corrected chi connectivity index (χ0v) is 14.5. The Morgan fingerprint density at radius 3 is 2.57 bits per heavy atom. The van der Waals surface area contributed by atoms with Crippen LogP contribution >= 0.6 is 11.3 Å². The van der Waals surface area contributed by atoms with Crippen molar-refractivity contribution in [2.45, 2.75) is 51.9 Å². The summed E-state index contributed by atoms with van der Waals surface area (Å²) in [6.07, 6.45) is -3.44. The van der Waals surface area contributed by atoms with E-state index in [2.05, 4.69) is 5.32 Å². The highest BCUT2D eigenvalue weighted by molar-refractivity contribution is 7.14. The number of esters is 1. The summed E-state index contributed by atoms with van der Waals surface area (Å²) >= 11 is 1.18. The number of hydrogen-bond acceptors (Lipinski definition) is 7. The number of hydrogen-bond donors (Lipinski definition) is 3. The SMILES string of the molecule is CCOC(=O)CC(O)C(O)c1csc(NC(=O)OC(C)(C)C)c1. The lowest BCUT2D eigenvalue weighted by Gasteiger charge is -2.19. The van der Waals surface area contributed by atoms with Crippen molar-refractivity contribution in [1.29, 1.82) is 0 Å². The van der Waals surface area contributed by atoms with E-state index in [0.717, 1.165) is 0 Å². The fraction of sp³-hybridized carbons (Fsp3) is 0.600. The smallest absolute Gasteiger partial charge is 0.412 e. The van der Waals surface area contributed by atoms with E-state index in [0.29, 0.717) is 10.6 Å². The lowest BCUT2D eigenvalue weighted by molar-refractivity contribution is -0.147. The molecule has 1 heterocycles. The monoisotopic (exact) mass is 345 g/mol. The van der Waals surface area contributed by atoms with E-state index in [1.807, 2.05) is 0 Å². The van der Waals surface area contributed by atoms with Gasteiger partial charge in [-0.05, 0) is 44.7 Å². The van der Waals surface area contributed by atoms with Crippen molar-refractivity contribution in [1.82, 2.24) is 0 Å². The molecule has 2 unspecified atom stereocenters. The molecule has 1 amide bonds. The number of amides is 1. The molecule has 0 saturated carbocycles. The van der Waals surface area contributed by atoms with Gasteiger partial charge < -0.3 is 19.7 Å². The van der Waals surface area contributed by atoms with Gasteiger partial charge in [-0.3, -0.25) is 10.1 Å². The van der Waals surface area contributed by atoms with Crippen LogP contribution < -0.4 is 5.32 Å². The molecule has 0 radical (unpaired) electrons. The Kier molecular flexibility index (Phi) is 6.99. The van der Waals surface area contributed by atoms with Gasteiger partial charge in [0.25, 0.3) is 0 Å². The summed E-state index contributed by atoms with van der Waals surface area (Å²) in [5, 5.41) is 24.5. The van der Waals surface area contributed by atoms with Gasteiger partial charge in [-0.25, -0.2) is 4.79 Å². The number of aliphatic hydroxyl groups excluding tert-OH is 2. The number of aliphatic hydroxyl groups is 2. The highest BCUT2D eigenvalue weighted by Crippen LogP contribution is 2.28. The van der Waals surface area contributed by atoms with Gasteiger partial charge in [0.1, 0.15) is 11.7 Å². The minimum atomic E-state index is -1.28. The Morgan fingerprint density at radius 2 is 2.00 bits per heavy atom. The first-order chi connectivity index (χ1) is 10.6. The standard InChI is InChI=1S/C15H23NO6S/c1-5-21-12(18)7-10(17)13(19)9-6-11(23-8-9)16-14(20)22-15(2,3)4/h6,8,10,13,17,19H,5,7H2,1-4H3,(H,16,20). The van der Waals surface area contributed by atoms with Crippen LogP contribution in [0.1, 0.15) is 45.8 Å². The van der Waals surface area contributed by atoms with Crippen molar-refractivity contribution in [3.63, 3.8) is 0 Å². The van der Waals surface area contributed by atoms with Crippen LogP contribution in [0.4, 0.5) is 9.80 Å². The van der Waals surface area contributed by atoms with Gasteiger partial charge >= 0.3 is 12.1 Å². The van der Waals surface area contributed by atoms with Crippen LogP contribution in [0.25, 0.3) is 0 Å². The second-order valence-corrected chi connectivity index (χ2v) is 6.80. The number of nitrogens with one attached hydrogen (secondary N) is 1. The largest absolute Gasteiger partial charge is 0.466 e. The fourth-order valence-corrected chi connectivity index (χ4v) is 2.52. The minimum absolute atomic E-state index is 0.212. The zero-order chi connectivity index (χ0) is 17.6. The van der Waals surface area contributed by atoms with Crippen LogP contribution in [0.3, 0.4) is 0 Å².